The molecule has 156 valence electrons. The number of rotatable bonds is 5. The van der Waals surface area contributed by atoms with Gasteiger partial charge >= 0.3 is 5.63 Å². The Morgan fingerprint density at radius 1 is 1.10 bits per heavy atom. The molecule has 0 fully saturated rings. The SMILES string of the molecule is O=C(Nc1ccnc(N(c2ccc(Cl)cc2)S(=O)[O-])c1)c1cccc2ccc(=O)oc12. The summed E-state index contributed by atoms with van der Waals surface area (Å²) < 4.78 is 29.8. The third kappa shape index (κ3) is 4.48. The second-order valence-corrected chi connectivity index (χ2v) is 7.56. The second kappa shape index (κ2) is 8.68. The standard InChI is InChI=1S/C21H14ClN3O5S/c22-14-5-7-16(8-6-14)25(31(28)29)18-12-15(10-11-23-18)24-21(27)17-3-1-2-13-4-9-19(26)30-20(13)17/h1-12H,(H,28,29)(H,23,24,27)/p-1. The van der Waals surface area contributed by atoms with Crippen LogP contribution >= 0.6 is 11.6 Å². The normalized spacial score (nSPS) is 11.8. The Morgan fingerprint density at radius 3 is 2.61 bits per heavy atom. The molecule has 2 heterocycles. The predicted octanol–water partition coefficient (Wildman–Crippen LogP) is 4.03. The maximum absolute atomic E-state index is 12.8. The molecule has 4 rings (SSSR count). The average Bonchev–Trinajstić information content (AvgIpc) is 2.75. The van der Waals surface area contributed by atoms with Gasteiger partial charge in [0.25, 0.3) is 5.91 Å². The fourth-order valence-electron chi connectivity index (χ4n) is 2.95. The molecule has 1 N–H and O–H groups in total. The first-order chi connectivity index (χ1) is 14.9. The number of hydrogen-bond donors (Lipinski definition) is 1. The van der Waals surface area contributed by atoms with Crippen LogP contribution in [0.3, 0.4) is 0 Å². The van der Waals surface area contributed by atoms with E-state index in [2.05, 4.69) is 10.3 Å². The van der Waals surface area contributed by atoms with Gasteiger partial charge in [0.05, 0.1) is 22.5 Å². The summed E-state index contributed by atoms with van der Waals surface area (Å²) in [4.78, 5) is 28.5. The molecule has 1 atom stereocenters. The molecule has 0 saturated heterocycles. The number of nitrogens with one attached hydrogen (secondary N) is 1. The van der Waals surface area contributed by atoms with Gasteiger partial charge in [-0.2, -0.15) is 0 Å². The number of nitrogens with zero attached hydrogens (tertiary/aromatic N) is 2. The minimum atomic E-state index is -2.67. The number of benzene rings is 2. The van der Waals surface area contributed by atoms with Crippen molar-refractivity contribution in [2.24, 2.45) is 0 Å². The summed E-state index contributed by atoms with van der Waals surface area (Å²) in [6, 6.07) is 16.8. The lowest BCUT2D eigenvalue weighted by molar-refractivity contribution is 0.102. The Bertz CT molecular complexity index is 1360. The lowest BCUT2D eigenvalue weighted by Gasteiger charge is -2.25. The molecule has 2 aromatic heterocycles. The van der Waals surface area contributed by atoms with Gasteiger partial charge < -0.3 is 14.3 Å². The zero-order valence-corrected chi connectivity index (χ0v) is 17.2. The van der Waals surface area contributed by atoms with Crippen LogP contribution < -0.4 is 15.2 Å². The molecule has 0 bridgehead atoms. The van der Waals surface area contributed by atoms with E-state index in [0.717, 1.165) is 4.31 Å². The third-order valence-electron chi connectivity index (χ3n) is 4.31. The first-order valence-corrected chi connectivity index (χ1v) is 10.3. The van der Waals surface area contributed by atoms with Crippen LogP contribution in [0.15, 0.2) is 82.1 Å². The van der Waals surface area contributed by atoms with E-state index in [1.165, 1.54) is 42.6 Å². The summed E-state index contributed by atoms with van der Waals surface area (Å²) in [5.74, 6) is -0.462. The van der Waals surface area contributed by atoms with Gasteiger partial charge in [0.15, 0.2) is 5.58 Å². The van der Waals surface area contributed by atoms with Crippen molar-refractivity contribution in [3.05, 3.63) is 93.9 Å². The number of pyridine rings is 1. The third-order valence-corrected chi connectivity index (χ3v) is 5.26. The largest absolute Gasteiger partial charge is 0.755 e. The fraction of sp³-hybridized carbons (Fsp3) is 0. The molecule has 0 aliphatic rings. The number of hydrogen-bond acceptors (Lipinski definition) is 6. The van der Waals surface area contributed by atoms with E-state index in [0.29, 0.717) is 21.8 Å². The summed E-state index contributed by atoms with van der Waals surface area (Å²) in [6.07, 6.45) is 1.37. The minimum Gasteiger partial charge on any atom is -0.755 e. The molecular weight excluding hydrogens is 442 g/mol. The molecule has 0 saturated carbocycles. The molecule has 0 aliphatic carbocycles. The molecule has 0 spiro atoms. The smallest absolute Gasteiger partial charge is 0.336 e. The van der Waals surface area contributed by atoms with Crippen molar-refractivity contribution in [2.45, 2.75) is 0 Å². The summed E-state index contributed by atoms with van der Waals surface area (Å²) in [5.41, 5.74) is 0.371. The molecule has 2 aromatic carbocycles. The van der Waals surface area contributed by atoms with Crippen LogP contribution in [-0.2, 0) is 11.3 Å². The van der Waals surface area contributed by atoms with E-state index in [1.807, 2.05) is 0 Å². The molecule has 0 radical (unpaired) electrons. The highest BCUT2D eigenvalue weighted by Crippen LogP contribution is 2.28. The van der Waals surface area contributed by atoms with Crippen molar-refractivity contribution in [1.82, 2.24) is 4.98 Å². The maximum atomic E-state index is 12.8. The highest BCUT2D eigenvalue weighted by molar-refractivity contribution is 7.81. The van der Waals surface area contributed by atoms with Gasteiger partial charge in [-0.05, 0) is 42.5 Å². The Labute approximate surface area is 183 Å². The zero-order chi connectivity index (χ0) is 22.0. The molecular formula is C21H13ClN3O5S-. The minimum absolute atomic E-state index is 0.0675. The Morgan fingerprint density at radius 2 is 1.87 bits per heavy atom. The number of carbonyl (C=O) groups is 1. The van der Waals surface area contributed by atoms with E-state index in [4.69, 9.17) is 16.0 Å². The van der Waals surface area contributed by atoms with Crippen LogP contribution in [0.2, 0.25) is 5.02 Å². The summed E-state index contributed by atoms with van der Waals surface area (Å²) in [5, 5.41) is 3.73. The van der Waals surface area contributed by atoms with Gasteiger partial charge in [-0.25, -0.2) is 9.78 Å². The highest BCUT2D eigenvalue weighted by Gasteiger charge is 2.16. The van der Waals surface area contributed by atoms with Gasteiger partial charge in [0, 0.05) is 34.4 Å². The monoisotopic (exact) mass is 454 g/mol. The van der Waals surface area contributed by atoms with E-state index < -0.39 is 22.8 Å². The molecule has 1 unspecified atom stereocenters. The number of amides is 1. The molecule has 31 heavy (non-hydrogen) atoms. The topological polar surface area (TPSA) is 116 Å². The van der Waals surface area contributed by atoms with Crippen LogP contribution in [0.1, 0.15) is 10.4 Å². The van der Waals surface area contributed by atoms with Crippen LogP contribution in [0.25, 0.3) is 11.0 Å². The van der Waals surface area contributed by atoms with Crippen LogP contribution in [0.5, 0.6) is 0 Å². The van der Waals surface area contributed by atoms with Crippen LogP contribution in [-0.4, -0.2) is 19.7 Å². The first-order valence-electron chi connectivity index (χ1n) is 8.88. The number of fused-ring (bicyclic) bond motifs is 1. The first kappa shape index (κ1) is 20.7. The molecule has 4 aromatic rings. The molecule has 10 heteroatoms. The quantitative estimate of drug-likeness (QED) is 0.359. The van der Waals surface area contributed by atoms with Crippen LogP contribution in [0.4, 0.5) is 17.2 Å². The Kier molecular flexibility index (Phi) is 5.81. The number of halogens is 1. The van der Waals surface area contributed by atoms with Crippen molar-refractivity contribution in [3.8, 4) is 0 Å². The zero-order valence-electron chi connectivity index (χ0n) is 15.7. The average molecular weight is 455 g/mol. The molecule has 8 nitrogen and oxygen atoms in total. The van der Waals surface area contributed by atoms with Crippen LogP contribution in [0, 0.1) is 0 Å². The Balaban J connectivity index is 1.66. The predicted molar refractivity (Wildman–Crippen MR) is 117 cm³/mol. The molecule has 1 amide bonds. The fourth-order valence-corrected chi connectivity index (χ4v) is 3.62. The van der Waals surface area contributed by atoms with Gasteiger partial charge in [-0.1, -0.05) is 23.7 Å². The molecule has 0 aliphatic heterocycles. The number of carbonyl (C=O) groups excluding carboxylic acids is 1. The summed E-state index contributed by atoms with van der Waals surface area (Å²) in [6.45, 7) is 0. The number of aromatic nitrogens is 1. The highest BCUT2D eigenvalue weighted by atomic mass is 35.5. The number of para-hydroxylation sites is 1. The van der Waals surface area contributed by atoms with Crippen molar-refractivity contribution in [2.75, 3.05) is 9.62 Å². The van der Waals surface area contributed by atoms with E-state index in [9.17, 15) is 18.4 Å². The van der Waals surface area contributed by atoms with Gasteiger partial charge in [0.1, 0.15) is 5.82 Å². The maximum Gasteiger partial charge on any atom is 0.336 e. The van der Waals surface area contributed by atoms with Gasteiger partial charge in [-0.3, -0.25) is 13.3 Å². The second-order valence-electron chi connectivity index (χ2n) is 6.32. The van der Waals surface area contributed by atoms with Crippen molar-refractivity contribution < 1.29 is 18.0 Å². The van der Waals surface area contributed by atoms with E-state index in [1.54, 1.807) is 30.3 Å². The van der Waals surface area contributed by atoms with E-state index >= 15 is 0 Å². The van der Waals surface area contributed by atoms with Crippen molar-refractivity contribution >= 4 is 56.9 Å². The Hall–Kier alpha value is -3.53. The lowest BCUT2D eigenvalue weighted by atomic mass is 10.1. The van der Waals surface area contributed by atoms with Gasteiger partial charge in [0.2, 0.25) is 0 Å². The van der Waals surface area contributed by atoms with E-state index in [-0.39, 0.29) is 17.0 Å². The lowest BCUT2D eigenvalue weighted by Crippen LogP contribution is -2.21. The summed E-state index contributed by atoms with van der Waals surface area (Å²) >= 11 is 3.20. The van der Waals surface area contributed by atoms with Crippen molar-refractivity contribution in [3.63, 3.8) is 0 Å². The number of anilines is 3. The van der Waals surface area contributed by atoms with Crippen molar-refractivity contribution in [1.29, 1.82) is 0 Å². The summed E-state index contributed by atoms with van der Waals surface area (Å²) in [7, 11) is 0. The van der Waals surface area contributed by atoms with Gasteiger partial charge in [-0.15, -0.1) is 0 Å².